The molecule has 0 amide bonds. The minimum atomic E-state index is -1.15. The summed E-state index contributed by atoms with van der Waals surface area (Å²) in [6.07, 6.45) is 1.19. The van der Waals surface area contributed by atoms with Crippen LogP contribution in [0.1, 0.15) is 21.5 Å². The van der Waals surface area contributed by atoms with Gasteiger partial charge in [0.25, 0.3) is 0 Å². The lowest BCUT2D eigenvalue weighted by atomic mass is 10.2. The minimum absolute atomic E-state index is 0.0191. The number of carboxylic acid groups (broad SMARTS) is 1. The third-order valence-corrected chi connectivity index (χ3v) is 3.39. The summed E-state index contributed by atoms with van der Waals surface area (Å²) in [6.45, 7) is 0.488. The predicted octanol–water partition coefficient (Wildman–Crippen LogP) is 3.33. The highest BCUT2D eigenvalue weighted by Gasteiger charge is 2.16. The number of ether oxygens (including phenoxy) is 2. The number of carboxylic acids is 1. The molecule has 0 aliphatic rings. The van der Waals surface area contributed by atoms with E-state index in [0.29, 0.717) is 0 Å². The van der Waals surface area contributed by atoms with Gasteiger partial charge < -0.3 is 14.6 Å². The van der Waals surface area contributed by atoms with Gasteiger partial charge in [-0.05, 0) is 11.1 Å². The van der Waals surface area contributed by atoms with Gasteiger partial charge in [0.05, 0.1) is 6.20 Å². The van der Waals surface area contributed by atoms with Gasteiger partial charge in [-0.25, -0.2) is 9.78 Å². The SMILES string of the molecule is O=C(O)c1cnc(OCc2ccccc2)nc1OCc1ccccc1. The Hall–Kier alpha value is -3.41. The lowest BCUT2D eigenvalue weighted by molar-refractivity contribution is 0.0689. The highest BCUT2D eigenvalue weighted by Crippen LogP contribution is 2.20. The maximum atomic E-state index is 11.3. The lowest BCUT2D eigenvalue weighted by Crippen LogP contribution is -2.08. The molecule has 0 saturated carbocycles. The van der Waals surface area contributed by atoms with Gasteiger partial charge in [-0.1, -0.05) is 60.7 Å². The van der Waals surface area contributed by atoms with Crippen LogP contribution in [0.3, 0.4) is 0 Å². The van der Waals surface area contributed by atoms with Crippen LogP contribution >= 0.6 is 0 Å². The van der Waals surface area contributed by atoms with Crippen LogP contribution in [0.4, 0.5) is 0 Å². The summed E-state index contributed by atoms with van der Waals surface area (Å²) in [5, 5.41) is 9.26. The monoisotopic (exact) mass is 336 g/mol. The number of hydrogen-bond acceptors (Lipinski definition) is 5. The van der Waals surface area contributed by atoms with Crippen LogP contribution in [0.2, 0.25) is 0 Å². The fourth-order valence-electron chi connectivity index (χ4n) is 2.13. The molecule has 0 aliphatic carbocycles. The maximum absolute atomic E-state index is 11.3. The van der Waals surface area contributed by atoms with Crippen molar-refractivity contribution in [3.05, 3.63) is 83.6 Å². The Balaban J connectivity index is 1.73. The van der Waals surface area contributed by atoms with Gasteiger partial charge in [0.2, 0.25) is 5.88 Å². The average Bonchev–Trinajstić information content (AvgIpc) is 2.66. The van der Waals surface area contributed by atoms with E-state index in [1.54, 1.807) is 0 Å². The van der Waals surface area contributed by atoms with Crippen LogP contribution in [-0.2, 0) is 13.2 Å². The second kappa shape index (κ2) is 7.92. The average molecular weight is 336 g/mol. The standard InChI is InChI=1S/C19H16N2O4/c22-18(23)16-11-20-19(25-13-15-9-5-2-6-10-15)21-17(16)24-12-14-7-3-1-4-8-14/h1-11H,12-13H2,(H,22,23). The molecule has 0 radical (unpaired) electrons. The lowest BCUT2D eigenvalue weighted by Gasteiger charge is -2.10. The molecular formula is C19H16N2O4. The summed E-state index contributed by atoms with van der Waals surface area (Å²) in [6, 6.07) is 19.0. The van der Waals surface area contributed by atoms with Gasteiger partial charge in [0.1, 0.15) is 18.8 Å². The molecule has 0 bridgehead atoms. The molecule has 6 heteroatoms. The number of aromatic carboxylic acids is 1. The Morgan fingerprint density at radius 2 is 1.44 bits per heavy atom. The molecule has 126 valence electrons. The second-order valence-electron chi connectivity index (χ2n) is 5.23. The molecule has 1 N–H and O–H groups in total. The van der Waals surface area contributed by atoms with Crippen molar-refractivity contribution in [1.82, 2.24) is 9.97 Å². The molecular weight excluding hydrogens is 320 g/mol. The normalized spacial score (nSPS) is 10.2. The molecule has 0 unspecified atom stereocenters. The third kappa shape index (κ3) is 4.54. The summed E-state index contributed by atoms with van der Waals surface area (Å²) in [4.78, 5) is 19.3. The number of nitrogens with zero attached hydrogens (tertiary/aromatic N) is 2. The Bertz CT molecular complexity index is 839. The van der Waals surface area contributed by atoms with E-state index in [1.165, 1.54) is 6.20 Å². The summed E-state index contributed by atoms with van der Waals surface area (Å²) in [7, 11) is 0. The van der Waals surface area contributed by atoms with E-state index in [2.05, 4.69) is 9.97 Å². The first kappa shape index (κ1) is 16.4. The predicted molar refractivity (Wildman–Crippen MR) is 90.5 cm³/mol. The van der Waals surface area contributed by atoms with Crippen molar-refractivity contribution in [2.45, 2.75) is 13.2 Å². The van der Waals surface area contributed by atoms with E-state index in [-0.39, 0.29) is 30.7 Å². The maximum Gasteiger partial charge on any atom is 0.342 e. The molecule has 0 aliphatic heterocycles. The Morgan fingerprint density at radius 3 is 2.00 bits per heavy atom. The fraction of sp³-hybridized carbons (Fsp3) is 0.105. The summed E-state index contributed by atoms with van der Waals surface area (Å²) in [5.74, 6) is -1.17. The van der Waals surface area contributed by atoms with E-state index in [4.69, 9.17) is 9.47 Å². The van der Waals surface area contributed by atoms with Crippen molar-refractivity contribution >= 4 is 5.97 Å². The molecule has 3 aromatic rings. The van der Waals surface area contributed by atoms with Crippen molar-refractivity contribution in [2.75, 3.05) is 0 Å². The molecule has 6 nitrogen and oxygen atoms in total. The fourth-order valence-corrected chi connectivity index (χ4v) is 2.13. The van der Waals surface area contributed by atoms with Gasteiger partial charge in [-0.2, -0.15) is 4.98 Å². The smallest absolute Gasteiger partial charge is 0.342 e. The van der Waals surface area contributed by atoms with Crippen LogP contribution < -0.4 is 9.47 Å². The number of carbonyl (C=O) groups is 1. The van der Waals surface area contributed by atoms with E-state index in [1.807, 2.05) is 60.7 Å². The number of hydrogen-bond donors (Lipinski definition) is 1. The van der Waals surface area contributed by atoms with Crippen LogP contribution in [-0.4, -0.2) is 21.0 Å². The van der Waals surface area contributed by atoms with Crippen LogP contribution in [0.15, 0.2) is 66.9 Å². The molecule has 0 fully saturated rings. The zero-order chi connectivity index (χ0) is 17.5. The highest BCUT2D eigenvalue weighted by molar-refractivity contribution is 5.89. The first-order valence-electron chi connectivity index (χ1n) is 7.66. The molecule has 0 saturated heterocycles. The van der Waals surface area contributed by atoms with Gasteiger partial charge in [-0.3, -0.25) is 0 Å². The molecule has 0 atom stereocenters. The zero-order valence-corrected chi connectivity index (χ0v) is 13.3. The first-order chi connectivity index (χ1) is 12.2. The molecule has 1 aromatic heterocycles. The van der Waals surface area contributed by atoms with Crippen LogP contribution in [0, 0.1) is 0 Å². The summed E-state index contributed by atoms with van der Waals surface area (Å²) < 4.78 is 11.1. The summed E-state index contributed by atoms with van der Waals surface area (Å²) in [5.41, 5.74) is 1.76. The Labute approximate surface area is 144 Å². The van der Waals surface area contributed by atoms with Crippen molar-refractivity contribution in [2.24, 2.45) is 0 Å². The second-order valence-corrected chi connectivity index (χ2v) is 5.23. The van der Waals surface area contributed by atoms with E-state index >= 15 is 0 Å². The van der Waals surface area contributed by atoms with Crippen molar-refractivity contribution in [1.29, 1.82) is 0 Å². The van der Waals surface area contributed by atoms with Crippen LogP contribution in [0.5, 0.6) is 11.9 Å². The highest BCUT2D eigenvalue weighted by atomic mass is 16.5. The molecule has 3 rings (SSSR count). The quantitative estimate of drug-likeness (QED) is 0.713. The third-order valence-electron chi connectivity index (χ3n) is 3.39. The molecule has 1 heterocycles. The molecule has 2 aromatic carbocycles. The molecule has 25 heavy (non-hydrogen) atoms. The van der Waals surface area contributed by atoms with Crippen molar-refractivity contribution in [3.63, 3.8) is 0 Å². The largest absolute Gasteiger partial charge is 0.477 e. The van der Waals surface area contributed by atoms with E-state index < -0.39 is 5.97 Å². The van der Waals surface area contributed by atoms with Gasteiger partial charge >= 0.3 is 12.0 Å². The van der Waals surface area contributed by atoms with Gasteiger partial charge in [0.15, 0.2) is 0 Å². The van der Waals surface area contributed by atoms with E-state index in [0.717, 1.165) is 11.1 Å². The van der Waals surface area contributed by atoms with Gasteiger partial charge in [-0.15, -0.1) is 0 Å². The minimum Gasteiger partial charge on any atom is -0.477 e. The van der Waals surface area contributed by atoms with Crippen LogP contribution in [0.25, 0.3) is 0 Å². The Kier molecular flexibility index (Phi) is 5.21. The Morgan fingerprint density at radius 1 is 0.880 bits per heavy atom. The van der Waals surface area contributed by atoms with E-state index in [9.17, 15) is 9.90 Å². The van der Waals surface area contributed by atoms with Crippen molar-refractivity contribution < 1.29 is 19.4 Å². The molecule has 0 spiro atoms. The number of aromatic nitrogens is 2. The first-order valence-corrected chi connectivity index (χ1v) is 7.66. The summed E-state index contributed by atoms with van der Waals surface area (Å²) >= 11 is 0. The topological polar surface area (TPSA) is 81.5 Å². The zero-order valence-electron chi connectivity index (χ0n) is 13.3. The number of benzene rings is 2. The number of rotatable bonds is 7. The van der Waals surface area contributed by atoms with Gasteiger partial charge in [0, 0.05) is 0 Å². The van der Waals surface area contributed by atoms with Crippen molar-refractivity contribution in [3.8, 4) is 11.9 Å².